The number of nitrogens with zero attached hydrogens (tertiary/aromatic N) is 2. The van der Waals surface area contributed by atoms with Gasteiger partial charge in [0.2, 0.25) is 0 Å². The minimum Gasteiger partial charge on any atom is -0.313 e. The average Bonchev–Trinajstić information content (AvgIpc) is 2.21. The van der Waals surface area contributed by atoms with Gasteiger partial charge in [-0.15, -0.1) is 0 Å². The maximum atomic E-state index is 4.56. The van der Waals surface area contributed by atoms with Crippen molar-refractivity contribution in [2.75, 3.05) is 6.54 Å². The summed E-state index contributed by atoms with van der Waals surface area (Å²) in [6.07, 6.45) is 1.16. The molecule has 1 aromatic heterocycles. The second-order valence-electron chi connectivity index (χ2n) is 4.56. The molecule has 0 unspecified atom stereocenters. The predicted octanol–water partition coefficient (Wildman–Crippen LogP) is 2.72. The zero-order valence-corrected chi connectivity index (χ0v) is 11.1. The number of hydrogen-bond acceptors (Lipinski definition) is 3. The maximum absolute atomic E-state index is 4.56. The van der Waals surface area contributed by atoms with E-state index in [1.54, 1.807) is 0 Å². The molecule has 0 aliphatic rings. The Morgan fingerprint density at radius 3 is 2.12 bits per heavy atom. The molecule has 3 nitrogen and oxygen atoms in total. The van der Waals surface area contributed by atoms with E-state index in [9.17, 15) is 0 Å². The van der Waals surface area contributed by atoms with Crippen molar-refractivity contribution in [1.82, 2.24) is 15.3 Å². The molecule has 0 fully saturated rings. The van der Waals surface area contributed by atoms with Gasteiger partial charge in [-0.25, -0.2) is 9.97 Å². The average molecular weight is 221 g/mol. The molecule has 0 bridgehead atoms. The summed E-state index contributed by atoms with van der Waals surface area (Å²) < 4.78 is 0. The molecule has 1 aromatic rings. The fourth-order valence-electron chi connectivity index (χ4n) is 1.67. The van der Waals surface area contributed by atoms with Crippen LogP contribution in [-0.2, 0) is 6.54 Å². The van der Waals surface area contributed by atoms with Crippen LogP contribution in [0.5, 0.6) is 0 Å². The van der Waals surface area contributed by atoms with Crippen LogP contribution in [0.25, 0.3) is 0 Å². The molecule has 3 heteroatoms. The molecule has 1 heterocycles. The van der Waals surface area contributed by atoms with Crippen molar-refractivity contribution in [3.8, 4) is 0 Å². The Morgan fingerprint density at radius 1 is 1.12 bits per heavy atom. The van der Waals surface area contributed by atoms with Crippen LogP contribution in [0.3, 0.4) is 0 Å². The monoisotopic (exact) mass is 221 g/mol. The third kappa shape index (κ3) is 3.27. The Kier molecular flexibility index (Phi) is 4.87. The molecule has 16 heavy (non-hydrogen) atoms. The van der Waals surface area contributed by atoms with Crippen molar-refractivity contribution in [2.24, 2.45) is 0 Å². The third-order valence-electron chi connectivity index (χ3n) is 2.68. The molecule has 0 saturated heterocycles. The molecule has 90 valence electrons. The van der Waals surface area contributed by atoms with Crippen molar-refractivity contribution in [1.29, 1.82) is 0 Å². The van der Waals surface area contributed by atoms with E-state index in [0.717, 1.165) is 36.7 Å². The first-order valence-corrected chi connectivity index (χ1v) is 6.11. The van der Waals surface area contributed by atoms with E-state index in [1.807, 2.05) is 0 Å². The summed E-state index contributed by atoms with van der Waals surface area (Å²) in [5, 5.41) is 3.40. The Morgan fingerprint density at radius 2 is 1.69 bits per heavy atom. The minimum atomic E-state index is 0.398. The van der Waals surface area contributed by atoms with Crippen molar-refractivity contribution in [3.63, 3.8) is 0 Å². The fraction of sp³-hybridized carbons (Fsp3) is 0.692. The summed E-state index contributed by atoms with van der Waals surface area (Å²) >= 11 is 0. The topological polar surface area (TPSA) is 37.8 Å². The van der Waals surface area contributed by atoms with E-state index >= 15 is 0 Å². The van der Waals surface area contributed by atoms with E-state index in [1.165, 1.54) is 5.56 Å². The van der Waals surface area contributed by atoms with Gasteiger partial charge >= 0.3 is 0 Å². The molecule has 1 N–H and O–H groups in total. The van der Waals surface area contributed by atoms with Crippen LogP contribution in [0.1, 0.15) is 55.9 Å². The maximum Gasteiger partial charge on any atom is 0.131 e. The van der Waals surface area contributed by atoms with E-state index in [0.29, 0.717) is 5.92 Å². The van der Waals surface area contributed by atoms with Crippen LogP contribution < -0.4 is 5.32 Å². The van der Waals surface area contributed by atoms with Gasteiger partial charge in [-0.3, -0.25) is 0 Å². The highest BCUT2D eigenvalue weighted by Gasteiger charge is 2.10. The van der Waals surface area contributed by atoms with Gasteiger partial charge in [0, 0.05) is 29.4 Å². The summed E-state index contributed by atoms with van der Waals surface area (Å²) in [7, 11) is 0. The molecule has 0 radical (unpaired) electrons. The summed E-state index contributed by atoms with van der Waals surface area (Å²) in [6.45, 7) is 12.5. The van der Waals surface area contributed by atoms with Gasteiger partial charge in [0.05, 0.1) is 0 Å². The Hall–Kier alpha value is -0.960. The van der Waals surface area contributed by atoms with Crippen LogP contribution in [0.2, 0.25) is 0 Å². The Bertz CT molecular complexity index is 322. The number of aromatic nitrogens is 2. The molecule has 0 aliphatic carbocycles. The van der Waals surface area contributed by atoms with Crippen molar-refractivity contribution in [3.05, 3.63) is 22.8 Å². The summed E-state index contributed by atoms with van der Waals surface area (Å²) in [5.41, 5.74) is 3.47. The van der Waals surface area contributed by atoms with Crippen molar-refractivity contribution >= 4 is 0 Å². The molecule has 0 aromatic carbocycles. The lowest BCUT2D eigenvalue weighted by Gasteiger charge is -2.12. The fourth-order valence-corrected chi connectivity index (χ4v) is 1.67. The zero-order valence-electron chi connectivity index (χ0n) is 11.1. The SMILES string of the molecule is CCCNCc1c(C)nc(C(C)C)nc1C. The molecular formula is C13H23N3. The van der Waals surface area contributed by atoms with E-state index in [4.69, 9.17) is 0 Å². The lowest BCUT2D eigenvalue weighted by atomic mass is 10.1. The zero-order chi connectivity index (χ0) is 12.1. The number of aryl methyl sites for hydroxylation is 2. The highest BCUT2D eigenvalue weighted by Crippen LogP contribution is 2.15. The van der Waals surface area contributed by atoms with Crippen molar-refractivity contribution < 1.29 is 0 Å². The molecule has 1 rings (SSSR count). The van der Waals surface area contributed by atoms with Crippen LogP contribution in [-0.4, -0.2) is 16.5 Å². The van der Waals surface area contributed by atoms with Gasteiger partial charge in [0.15, 0.2) is 0 Å². The Labute approximate surface area is 98.7 Å². The first-order chi connectivity index (χ1) is 7.56. The number of hydrogen-bond donors (Lipinski definition) is 1. The smallest absolute Gasteiger partial charge is 0.131 e. The molecule has 0 aliphatic heterocycles. The van der Waals surface area contributed by atoms with E-state index in [2.05, 4.69) is 49.9 Å². The molecule has 0 atom stereocenters. The van der Waals surface area contributed by atoms with Crippen molar-refractivity contribution in [2.45, 2.75) is 53.5 Å². The minimum absolute atomic E-state index is 0.398. The highest BCUT2D eigenvalue weighted by molar-refractivity contribution is 5.24. The largest absolute Gasteiger partial charge is 0.313 e. The van der Waals surface area contributed by atoms with Gasteiger partial charge < -0.3 is 5.32 Å². The van der Waals surface area contributed by atoms with Gasteiger partial charge in [0.25, 0.3) is 0 Å². The predicted molar refractivity (Wildman–Crippen MR) is 67.6 cm³/mol. The van der Waals surface area contributed by atoms with Gasteiger partial charge in [-0.1, -0.05) is 20.8 Å². The first-order valence-electron chi connectivity index (χ1n) is 6.11. The number of rotatable bonds is 5. The normalized spacial score (nSPS) is 11.1. The van der Waals surface area contributed by atoms with Gasteiger partial charge in [-0.05, 0) is 26.8 Å². The molecular weight excluding hydrogens is 198 g/mol. The summed E-state index contributed by atoms with van der Waals surface area (Å²) in [6, 6.07) is 0. The van der Waals surface area contributed by atoms with Crippen LogP contribution in [0.15, 0.2) is 0 Å². The highest BCUT2D eigenvalue weighted by atomic mass is 14.9. The first kappa shape index (κ1) is 13.1. The van der Waals surface area contributed by atoms with E-state index < -0.39 is 0 Å². The quantitative estimate of drug-likeness (QED) is 0.777. The lowest BCUT2D eigenvalue weighted by Crippen LogP contribution is -2.17. The molecule has 0 spiro atoms. The summed E-state index contributed by atoms with van der Waals surface area (Å²) in [5.74, 6) is 1.35. The molecule has 0 saturated carbocycles. The lowest BCUT2D eigenvalue weighted by molar-refractivity contribution is 0.657. The van der Waals surface area contributed by atoms with Crippen LogP contribution in [0.4, 0.5) is 0 Å². The Balaban J connectivity index is 2.85. The van der Waals surface area contributed by atoms with Crippen LogP contribution >= 0.6 is 0 Å². The molecule has 0 amide bonds. The second-order valence-corrected chi connectivity index (χ2v) is 4.56. The van der Waals surface area contributed by atoms with Crippen LogP contribution in [0, 0.1) is 13.8 Å². The summed E-state index contributed by atoms with van der Waals surface area (Å²) in [4.78, 5) is 9.12. The standard InChI is InChI=1S/C13H23N3/c1-6-7-14-8-12-10(4)15-13(9(2)3)16-11(12)5/h9,14H,6-8H2,1-5H3. The number of nitrogens with one attached hydrogen (secondary N) is 1. The van der Waals surface area contributed by atoms with Gasteiger partial charge in [0.1, 0.15) is 5.82 Å². The second kappa shape index (κ2) is 5.94. The van der Waals surface area contributed by atoms with Gasteiger partial charge in [-0.2, -0.15) is 0 Å². The third-order valence-corrected chi connectivity index (χ3v) is 2.68. The van der Waals surface area contributed by atoms with E-state index in [-0.39, 0.29) is 0 Å².